The molecule has 1 heterocycles. The van der Waals surface area contributed by atoms with Gasteiger partial charge in [-0.1, -0.05) is 6.92 Å². The Morgan fingerprint density at radius 1 is 1.64 bits per heavy atom. The van der Waals surface area contributed by atoms with Gasteiger partial charge in [0, 0.05) is 6.42 Å². The highest BCUT2D eigenvalue weighted by molar-refractivity contribution is 5.69. The van der Waals surface area contributed by atoms with Crippen LogP contribution in [0.25, 0.3) is 0 Å². The van der Waals surface area contributed by atoms with Crippen molar-refractivity contribution in [2.45, 2.75) is 19.6 Å². The first-order valence-corrected chi connectivity index (χ1v) is 3.66. The summed E-state index contributed by atoms with van der Waals surface area (Å²) in [6.45, 7) is 2.81. The Morgan fingerprint density at radius 3 is 2.64 bits per heavy atom. The largest absolute Gasteiger partial charge is 0.481 e. The van der Waals surface area contributed by atoms with Crippen LogP contribution in [0.15, 0.2) is 0 Å². The van der Waals surface area contributed by atoms with E-state index in [0.29, 0.717) is 19.6 Å². The zero-order valence-corrected chi connectivity index (χ0v) is 6.45. The van der Waals surface area contributed by atoms with E-state index in [1.54, 1.807) is 6.92 Å². The summed E-state index contributed by atoms with van der Waals surface area (Å²) in [4.78, 5) is 10.4. The van der Waals surface area contributed by atoms with Crippen molar-refractivity contribution in [1.82, 2.24) is 0 Å². The predicted octanol–water partition coefficient (Wildman–Crippen LogP) is 0.470. The van der Waals surface area contributed by atoms with Gasteiger partial charge in [0.2, 0.25) is 0 Å². The molecular weight excluding hydrogens is 148 g/mol. The molecule has 1 aliphatic heterocycles. The first-order chi connectivity index (χ1) is 5.20. The normalized spacial score (nSPS) is 21.9. The first-order valence-electron chi connectivity index (χ1n) is 3.66. The second-order valence-electron chi connectivity index (χ2n) is 2.65. The van der Waals surface area contributed by atoms with Crippen LogP contribution < -0.4 is 0 Å². The third-order valence-corrected chi connectivity index (χ3v) is 1.66. The van der Waals surface area contributed by atoms with Crippen molar-refractivity contribution < 1.29 is 19.4 Å². The Labute approximate surface area is 65.1 Å². The molecule has 0 aromatic heterocycles. The summed E-state index contributed by atoms with van der Waals surface area (Å²) in [5.74, 6) is -1.19. The van der Waals surface area contributed by atoms with Crippen molar-refractivity contribution in [3.05, 3.63) is 0 Å². The molecule has 1 unspecified atom stereocenters. The number of carboxylic acids is 1. The lowest BCUT2D eigenvalue weighted by Gasteiger charge is -2.11. The van der Waals surface area contributed by atoms with Gasteiger partial charge >= 0.3 is 5.97 Å². The molecule has 0 spiro atoms. The molecule has 4 nitrogen and oxygen atoms in total. The highest BCUT2D eigenvalue weighted by atomic mass is 16.7. The molecule has 0 saturated carbocycles. The summed E-state index contributed by atoms with van der Waals surface area (Å²) in [6.07, 6.45) is 0.135. The van der Waals surface area contributed by atoms with Crippen molar-refractivity contribution in [2.75, 3.05) is 13.2 Å². The lowest BCUT2D eigenvalue weighted by atomic mass is 10.1. The molecule has 0 aromatic rings. The van der Waals surface area contributed by atoms with Gasteiger partial charge in [-0.25, -0.2) is 0 Å². The molecule has 64 valence electrons. The van der Waals surface area contributed by atoms with E-state index in [1.807, 2.05) is 0 Å². The molecule has 1 N–H and O–H groups in total. The maximum absolute atomic E-state index is 10.4. The minimum atomic E-state index is -0.802. The molecule has 4 heteroatoms. The Morgan fingerprint density at radius 2 is 2.18 bits per heavy atom. The fourth-order valence-corrected chi connectivity index (χ4v) is 0.933. The van der Waals surface area contributed by atoms with Gasteiger partial charge in [0.1, 0.15) is 0 Å². The number of aliphatic carboxylic acids is 1. The zero-order chi connectivity index (χ0) is 8.27. The number of carboxylic acid groups (broad SMARTS) is 1. The van der Waals surface area contributed by atoms with E-state index in [2.05, 4.69) is 0 Å². The molecule has 1 atom stereocenters. The van der Waals surface area contributed by atoms with Crippen molar-refractivity contribution in [2.24, 2.45) is 5.92 Å². The van der Waals surface area contributed by atoms with Gasteiger partial charge in [0.05, 0.1) is 19.1 Å². The Kier molecular flexibility index (Phi) is 2.84. The summed E-state index contributed by atoms with van der Waals surface area (Å²) in [5.41, 5.74) is 0. The van der Waals surface area contributed by atoms with Gasteiger partial charge in [-0.15, -0.1) is 0 Å². The molecule has 0 radical (unpaired) electrons. The van der Waals surface area contributed by atoms with Crippen molar-refractivity contribution in [3.63, 3.8) is 0 Å². The fraction of sp³-hybridized carbons (Fsp3) is 0.857. The molecule has 1 fully saturated rings. The third kappa shape index (κ3) is 2.48. The number of carbonyl (C=O) groups is 1. The molecule has 0 amide bonds. The van der Waals surface area contributed by atoms with Gasteiger partial charge < -0.3 is 14.6 Å². The highest BCUT2D eigenvalue weighted by Gasteiger charge is 2.22. The number of rotatable bonds is 3. The van der Waals surface area contributed by atoms with Crippen LogP contribution in [0, 0.1) is 5.92 Å². The maximum atomic E-state index is 10.4. The summed E-state index contributed by atoms with van der Waals surface area (Å²) in [5, 5.41) is 8.53. The standard InChI is InChI=1S/C7H12O4/c1-5(7(8)9)4-6-10-2-3-11-6/h5-6H,2-4H2,1H3,(H,8,9). The van der Waals surface area contributed by atoms with Crippen LogP contribution in [0.4, 0.5) is 0 Å². The molecule has 0 bridgehead atoms. The van der Waals surface area contributed by atoms with Crippen LogP contribution in [0.1, 0.15) is 13.3 Å². The molecule has 1 rings (SSSR count). The van der Waals surface area contributed by atoms with Crippen LogP contribution in [-0.2, 0) is 14.3 Å². The summed E-state index contributed by atoms with van der Waals surface area (Å²) >= 11 is 0. The van der Waals surface area contributed by atoms with Crippen molar-refractivity contribution in [3.8, 4) is 0 Å². The van der Waals surface area contributed by atoms with Crippen molar-refractivity contribution >= 4 is 5.97 Å². The second-order valence-corrected chi connectivity index (χ2v) is 2.65. The lowest BCUT2D eigenvalue weighted by molar-refractivity contribution is -0.144. The summed E-state index contributed by atoms with van der Waals surface area (Å²) in [7, 11) is 0. The van der Waals surface area contributed by atoms with Crippen LogP contribution >= 0.6 is 0 Å². The topological polar surface area (TPSA) is 55.8 Å². The van der Waals surface area contributed by atoms with Gasteiger partial charge in [0.25, 0.3) is 0 Å². The molecule has 0 aliphatic carbocycles. The minimum absolute atomic E-state index is 0.305. The van der Waals surface area contributed by atoms with E-state index < -0.39 is 11.9 Å². The first kappa shape index (κ1) is 8.49. The van der Waals surface area contributed by atoms with Crippen LogP contribution in [0.5, 0.6) is 0 Å². The van der Waals surface area contributed by atoms with Crippen LogP contribution in [-0.4, -0.2) is 30.6 Å². The quantitative estimate of drug-likeness (QED) is 0.652. The summed E-state index contributed by atoms with van der Waals surface area (Å²) in [6, 6.07) is 0. The minimum Gasteiger partial charge on any atom is -0.481 e. The smallest absolute Gasteiger partial charge is 0.306 e. The van der Waals surface area contributed by atoms with E-state index in [9.17, 15) is 4.79 Å². The Balaban J connectivity index is 2.23. The third-order valence-electron chi connectivity index (χ3n) is 1.66. The molecule has 1 saturated heterocycles. The molecule has 1 aliphatic rings. The zero-order valence-electron chi connectivity index (χ0n) is 6.45. The van der Waals surface area contributed by atoms with Gasteiger partial charge in [-0.05, 0) is 0 Å². The van der Waals surface area contributed by atoms with E-state index in [1.165, 1.54) is 0 Å². The number of hydrogen-bond acceptors (Lipinski definition) is 3. The average Bonchev–Trinajstić information content (AvgIpc) is 2.39. The number of ether oxygens (including phenoxy) is 2. The van der Waals surface area contributed by atoms with E-state index in [4.69, 9.17) is 14.6 Å². The maximum Gasteiger partial charge on any atom is 0.306 e. The van der Waals surface area contributed by atoms with Crippen molar-refractivity contribution in [1.29, 1.82) is 0 Å². The second kappa shape index (κ2) is 3.69. The Hall–Kier alpha value is -0.610. The van der Waals surface area contributed by atoms with Gasteiger partial charge in [0.15, 0.2) is 6.29 Å². The molecule has 11 heavy (non-hydrogen) atoms. The molecule has 0 aromatic carbocycles. The molecular formula is C7H12O4. The van der Waals surface area contributed by atoms with Gasteiger partial charge in [-0.3, -0.25) is 4.79 Å². The van der Waals surface area contributed by atoms with Crippen LogP contribution in [0.3, 0.4) is 0 Å². The van der Waals surface area contributed by atoms with E-state index in [0.717, 1.165) is 0 Å². The SMILES string of the molecule is CC(CC1OCCO1)C(=O)O. The fourth-order valence-electron chi connectivity index (χ4n) is 0.933. The Bertz CT molecular complexity index is 139. The monoisotopic (exact) mass is 160 g/mol. The van der Waals surface area contributed by atoms with Crippen LogP contribution in [0.2, 0.25) is 0 Å². The van der Waals surface area contributed by atoms with Gasteiger partial charge in [-0.2, -0.15) is 0 Å². The van der Waals surface area contributed by atoms with E-state index >= 15 is 0 Å². The lowest BCUT2D eigenvalue weighted by Crippen LogP contribution is -2.18. The summed E-state index contributed by atoms with van der Waals surface area (Å²) < 4.78 is 10.2. The highest BCUT2D eigenvalue weighted by Crippen LogP contribution is 2.14. The van der Waals surface area contributed by atoms with E-state index in [-0.39, 0.29) is 6.29 Å². The average molecular weight is 160 g/mol. The number of hydrogen-bond donors (Lipinski definition) is 1. The predicted molar refractivity (Wildman–Crippen MR) is 37.1 cm³/mol.